The van der Waals surface area contributed by atoms with Crippen LogP contribution in [0.5, 0.6) is 0 Å². The van der Waals surface area contributed by atoms with E-state index in [4.69, 9.17) is 30.1 Å². The highest BCUT2D eigenvalue weighted by atomic mass is 35.5. The fourth-order valence-corrected chi connectivity index (χ4v) is 7.37. The van der Waals surface area contributed by atoms with Crippen molar-refractivity contribution < 1.29 is 23.1 Å². The lowest BCUT2D eigenvalue weighted by atomic mass is 9.99. The van der Waals surface area contributed by atoms with Gasteiger partial charge in [0.1, 0.15) is 17.9 Å². The topological polar surface area (TPSA) is 97.6 Å². The molecule has 9 nitrogen and oxygen atoms in total. The Balaban J connectivity index is 1.52. The molecule has 0 aromatic carbocycles. The molecule has 0 N–H and O–H groups in total. The Hall–Kier alpha value is -1.35. The molecule has 5 rings (SSSR count). The van der Waals surface area contributed by atoms with E-state index in [9.17, 15) is 4.57 Å². The van der Waals surface area contributed by atoms with Crippen LogP contribution in [-0.4, -0.2) is 49.7 Å². The highest BCUT2D eigenvalue weighted by Gasteiger charge is 2.75. The summed E-state index contributed by atoms with van der Waals surface area (Å²) in [5.41, 5.74) is 0.880. The number of rotatable bonds is 7. The van der Waals surface area contributed by atoms with E-state index in [2.05, 4.69) is 15.0 Å². The molecule has 0 spiro atoms. The molecule has 0 unspecified atom stereocenters. The highest BCUT2D eigenvalue weighted by Crippen LogP contribution is 2.73. The summed E-state index contributed by atoms with van der Waals surface area (Å²) in [7, 11) is -3.43. The van der Waals surface area contributed by atoms with Crippen LogP contribution in [0.1, 0.15) is 54.0 Å². The van der Waals surface area contributed by atoms with Crippen LogP contribution in [-0.2, 0) is 23.1 Å². The van der Waals surface area contributed by atoms with Crippen LogP contribution in [0.2, 0.25) is 5.15 Å². The van der Waals surface area contributed by atoms with E-state index in [-0.39, 0.29) is 41.8 Å². The van der Waals surface area contributed by atoms with E-state index >= 15 is 0 Å². The monoisotopic (exact) mass is 496 g/mol. The zero-order valence-corrected chi connectivity index (χ0v) is 21.3. The van der Waals surface area contributed by atoms with Gasteiger partial charge in [0.15, 0.2) is 16.6 Å². The second-order valence-corrected chi connectivity index (χ2v) is 12.2. The van der Waals surface area contributed by atoms with Crippen molar-refractivity contribution in [1.82, 2.24) is 19.5 Å². The summed E-state index contributed by atoms with van der Waals surface area (Å²) >= 11 is 6.24. The Morgan fingerprint density at radius 3 is 2.55 bits per heavy atom. The molecular formula is C22H30ClN4O5P. The van der Waals surface area contributed by atoms with Gasteiger partial charge in [-0.05, 0) is 53.9 Å². The van der Waals surface area contributed by atoms with Crippen LogP contribution in [0, 0.1) is 11.3 Å². The molecule has 5 atom stereocenters. The lowest BCUT2D eigenvalue weighted by molar-refractivity contribution is -0.159. The van der Waals surface area contributed by atoms with E-state index in [0.29, 0.717) is 16.3 Å². The molecule has 33 heavy (non-hydrogen) atoms. The number of nitrogens with zero attached hydrogens (tertiary/aromatic N) is 4. The molecule has 0 radical (unpaired) electrons. The van der Waals surface area contributed by atoms with Crippen LogP contribution in [0.15, 0.2) is 24.5 Å². The second kappa shape index (κ2) is 7.83. The molecule has 3 aliphatic rings. The molecule has 1 aliphatic heterocycles. The average Bonchev–Trinajstić information content (AvgIpc) is 2.95. The summed E-state index contributed by atoms with van der Waals surface area (Å²) in [6.07, 6.45) is 5.13. The first-order valence-corrected chi connectivity index (χ1v) is 13.3. The molecule has 2 aromatic rings. The van der Waals surface area contributed by atoms with Gasteiger partial charge in [-0.3, -0.25) is 4.57 Å². The van der Waals surface area contributed by atoms with Crippen LogP contribution in [0.25, 0.3) is 11.2 Å². The number of hydrogen-bond donors (Lipinski definition) is 0. The maximum Gasteiger partial charge on any atom is 0.354 e. The minimum Gasteiger partial charge on any atom is -0.344 e. The zero-order valence-electron chi connectivity index (χ0n) is 19.6. The van der Waals surface area contributed by atoms with Crippen LogP contribution in [0.4, 0.5) is 0 Å². The minimum absolute atomic E-state index is 0.0613. The third-order valence-corrected chi connectivity index (χ3v) is 8.65. The molecule has 0 amide bonds. The quantitative estimate of drug-likeness (QED) is 0.385. The van der Waals surface area contributed by atoms with Gasteiger partial charge in [-0.15, -0.1) is 0 Å². The lowest BCUT2D eigenvalue weighted by Gasteiger charge is -2.24. The first kappa shape index (κ1) is 23.4. The molecular weight excluding hydrogens is 467 g/mol. The number of hydrogen-bond acceptors (Lipinski definition) is 8. The van der Waals surface area contributed by atoms with Crippen molar-refractivity contribution in [2.24, 2.45) is 11.3 Å². The molecule has 1 saturated heterocycles. The molecule has 2 saturated carbocycles. The van der Waals surface area contributed by atoms with Gasteiger partial charge in [0.05, 0.1) is 30.7 Å². The third kappa shape index (κ3) is 3.97. The van der Waals surface area contributed by atoms with Gasteiger partial charge >= 0.3 is 7.60 Å². The van der Waals surface area contributed by atoms with E-state index < -0.39 is 13.4 Å². The number of fused-ring (bicyclic) bond motifs is 4. The molecule has 2 aliphatic carbocycles. The molecule has 2 aromatic heterocycles. The van der Waals surface area contributed by atoms with Crippen LogP contribution >= 0.6 is 19.2 Å². The Morgan fingerprint density at radius 2 is 1.88 bits per heavy atom. The summed E-state index contributed by atoms with van der Waals surface area (Å²) in [5, 5.41) is 0.316. The summed E-state index contributed by atoms with van der Waals surface area (Å²) < 4.78 is 39.7. The minimum atomic E-state index is -3.43. The van der Waals surface area contributed by atoms with Gasteiger partial charge in [0.2, 0.25) is 0 Å². The lowest BCUT2D eigenvalue weighted by Crippen LogP contribution is -2.31. The predicted octanol–water partition coefficient (Wildman–Crippen LogP) is 5.12. The summed E-state index contributed by atoms with van der Waals surface area (Å²) in [6.45, 7) is 11.2. The summed E-state index contributed by atoms with van der Waals surface area (Å²) in [5.74, 6) is 1.07. The van der Waals surface area contributed by atoms with Crippen molar-refractivity contribution in [2.45, 2.75) is 84.2 Å². The summed E-state index contributed by atoms with van der Waals surface area (Å²) in [4.78, 5) is 12.9. The van der Waals surface area contributed by atoms with E-state index in [1.165, 1.54) is 6.33 Å². The van der Waals surface area contributed by atoms with E-state index in [1.807, 2.05) is 52.2 Å². The molecule has 3 fully saturated rings. The van der Waals surface area contributed by atoms with Crippen molar-refractivity contribution >= 4 is 30.4 Å². The second-order valence-electron chi connectivity index (χ2n) is 10.1. The van der Waals surface area contributed by atoms with Gasteiger partial charge < -0.3 is 23.1 Å². The van der Waals surface area contributed by atoms with Gasteiger partial charge in [-0.25, -0.2) is 15.0 Å². The van der Waals surface area contributed by atoms with E-state index in [1.54, 1.807) is 12.1 Å². The van der Waals surface area contributed by atoms with Crippen molar-refractivity contribution in [3.05, 3.63) is 29.7 Å². The Bertz CT molecular complexity index is 1140. The molecule has 0 bridgehead atoms. The van der Waals surface area contributed by atoms with Crippen LogP contribution in [0.3, 0.4) is 0 Å². The normalized spacial score (nSPS) is 32.9. The van der Waals surface area contributed by atoms with Crippen molar-refractivity contribution in [3.63, 3.8) is 0 Å². The number of aromatic nitrogens is 4. The number of ether oxygens (including phenoxy) is 2. The van der Waals surface area contributed by atoms with Gasteiger partial charge in [0.25, 0.3) is 0 Å². The number of halogens is 1. The first-order chi connectivity index (χ1) is 15.4. The predicted molar refractivity (Wildman–Crippen MR) is 123 cm³/mol. The molecule has 180 valence electrons. The summed E-state index contributed by atoms with van der Waals surface area (Å²) in [6, 6.07) is -0.0613. The maximum atomic E-state index is 13.4. The average molecular weight is 497 g/mol. The first-order valence-electron chi connectivity index (χ1n) is 11.3. The molecule has 11 heteroatoms. The van der Waals surface area contributed by atoms with Crippen LogP contribution < -0.4 is 0 Å². The number of imidazole rings is 1. The molecule has 3 heterocycles. The van der Waals surface area contributed by atoms with Crippen molar-refractivity contribution in [2.75, 3.05) is 0 Å². The standard InChI is InChI=1S/C22H30ClN4O5P/c1-12(2)31-33(28,32-13(3)4)8-7-22-9-14(22)16(17-18(22)30-21(5,6)29-17)27-11-26-15-19(23)24-10-25-20(15)27/h7-8,10-14,16-18H,9H2,1-6H3/t14-,16-,17+,18+,22+/m1/s1. The maximum absolute atomic E-state index is 13.4. The zero-order chi connectivity index (χ0) is 23.8. The van der Waals surface area contributed by atoms with Gasteiger partial charge in [-0.1, -0.05) is 17.7 Å². The fourth-order valence-electron chi connectivity index (χ4n) is 5.36. The van der Waals surface area contributed by atoms with Gasteiger partial charge in [0, 0.05) is 11.2 Å². The van der Waals surface area contributed by atoms with Crippen molar-refractivity contribution in [1.29, 1.82) is 0 Å². The largest absolute Gasteiger partial charge is 0.354 e. The SMILES string of the molecule is CC(C)OP(=O)(C=C[C@]12C[C@@H]1[C@@H](n1cnc3c(Cl)ncnc31)[C@@H]1OC(C)(C)O[C@@H]12)OC(C)C. The van der Waals surface area contributed by atoms with E-state index in [0.717, 1.165) is 6.42 Å². The fraction of sp³-hybridized carbons (Fsp3) is 0.682. The third-order valence-electron chi connectivity index (χ3n) is 6.43. The smallest absolute Gasteiger partial charge is 0.344 e. The Morgan fingerprint density at radius 1 is 1.18 bits per heavy atom. The van der Waals surface area contributed by atoms with Crippen molar-refractivity contribution in [3.8, 4) is 0 Å². The Kier molecular flexibility index (Phi) is 5.55. The Labute approximate surface area is 198 Å². The highest BCUT2D eigenvalue weighted by molar-refractivity contribution is 7.57. The van der Waals surface area contributed by atoms with Gasteiger partial charge in [-0.2, -0.15) is 0 Å².